The molecule has 9 heteroatoms. The number of nitrogens with zero attached hydrogens (tertiary/aromatic N) is 3. The molecular weight excluding hydrogens is 332 g/mol. The molecule has 2 aromatic rings. The number of nitrogens with one attached hydrogen (secondary N) is 1. The van der Waals surface area contributed by atoms with Gasteiger partial charge in [0.25, 0.3) is 5.91 Å². The summed E-state index contributed by atoms with van der Waals surface area (Å²) in [4.78, 5) is 16.6. The number of hydrogen-bond donors (Lipinski definition) is 1. The van der Waals surface area contributed by atoms with E-state index in [1.807, 2.05) is 29.5 Å². The number of hydrogen-bond acceptors (Lipinski definition) is 5. The molecule has 1 fully saturated rings. The van der Waals surface area contributed by atoms with E-state index in [1.165, 1.54) is 10.6 Å². The van der Waals surface area contributed by atoms with E-state index in [2.05, 4.69) is 10.3 Å². The fourth-order valence-electron chi connectivity index (χ4n) is 2.67. The van der Waals surface area contributed by atoms with Crippen molar-refractivity contribution in [2.45, 2.75) is 13.0 Å². The molecule has 1 saturated heterocycles. The molecule has 0 aliphatic carbocycles. The quantitative estimate of drug-likeness (QED) is 0.838. The number of morpholine rings is 1. The van der Waals surface area contributed by atoms with Gasteiger partial charge in [0.05, 0.1) is 19.0 Å². The molecule has 1 aliphatic rings. The topological polar surface area (TPSA) is 93.0 Å². The van der Waals surface area contributed by atoms with E-state index in [0.29, 0.717) is 24.5 Å². The van der Waals surface area contributed by atoms with Gasteiger partial charge in [-0.2, -0.15) is 4.31 Å². The Balaban J connectivity index is 1.63. The normalized spacial score (nSPS) is 19.5. The first-order chi connectivity index (χ1) is 11.3. The van der Waals surface area contributed by atoms with Gasteiger partial charge in [-0.15, -0.1) is 0 Å². The van der Waals surface area contributed by atoms with Crippen molar-refractivity contribution < 1.29 is 17.9 Å². The number of amides is 1. The van der Waals surface area contributed by atoms with Crippen molar-refractivity contribution in [2.24, 2.45) is 0 Å². The van der Waals surface area contributed by atoms with Crippen LogP contribution in [0.15, 0.2) is 24.4 Å². The van der Waals surface area contributed by atoms with Crippen molar-refractivity contribution in [1.29, 1.82) is 0 Å². The number of imidazole rings is 1. The number of aryl methyl sites for hydroxylation is 1. The zero-order valence-corrected chi connectivity index (χ0v) is 14.4. The summed E-state index contributed by atoms with van der Waals surface area (Å²) in [6.45, 7) is 3.07. The monoisotopic (exact) mass is 352 g/mol. The smallest absolute Gasteiger partial charge is 0.271 e. The first-order valence-electron chi connectivity index (χ1n) is 7.64. The summed E-state index contributed by atoms with van der Waals surface area (Å²) in [5.41, 5.74) is 2.01. The molecule has 8 nitrogen and oxygen atoms in total. The third-order valence-electron chi connectivity index (χ3n) is 3.99. The van der Waals surface area contributed by atoms with Gasteiger partial charge in [-0.25, -0.2) is 13.4 Å². The van der Waals surface area contributed by atoms with E-state index in [0.717, 1.165) is 5.69 Å². The number of carbonyl (C=O) groups is 1. The Morgan fingerprint density at radius 1 is 1.46 bits per heavy atom. The van der Waals surface area contributed by atoms with E-state index in [4.69, 9.17) is 4.74 Å². The van der Waals surface area contributed by atoms with Crippen LogP contribution in [0.4, 0.5) is 0 Å². The van der Waals surface area contributed by atoms with Crippen molar-refractivity contribution in [3.63, 3.8) is 0 Å². The van der Waals surface area contributed by atoms with Gasteiger partial charge in [0, 0.05) is 31.5 Å². The molecule has 0 unspecified atom stereocenters. The van der Waals surface area contributed by atoms with Gasteiger partial charge in [0.2, 0.25) is 10.0 Å². The molecule has 0 radical (unpaired) electrons. The molecule has 2 aromatic heterocycles. The second-order valence-corrected chi connectivity index (χ2v) is 7.83. The molecule has 3 heterocycles. The van der Waals surface area contributed by atoms with Gasteiger partial charge in [-0.3, -0.25) is 4.79 Å². The zero-order valence-electron chi connectivity index (χ0n) is 13.6. The second kappa shape index (κ2) is 6.50. The highest BCUT2D eigenvalue weighted by Gasteiger charge is 2.27. The Hall–Kier alpha value is -1.97. The Labute approximate surface area is 140 Å². The molecule has 3 rings (SSSR count). The van der Waals surface area contributed by atoms with Gasteiger partial charge < -0.3 is 14.5 Å². The van der Waals surface area contributed by atoms with Gasteiger partial charge in [-0.05, 0) is 19.1 Å². The third-order valence-corrected chi connectivity index (χ3v) is 5.26. The summed E-state index contributed by atoms with van der Waals surface area (Å²) in [6, 6.07) is 5.65. The summed E-state index contributed by atoms with van der Waals surface area (Å²) in [5, 5.41) is 2.76. The number of pyridine rings is 1. The van der Waals surface area contributed by atoms with Crippen molar-refractivity contribution in [2.75, 3.05) is 32.5 Å². The summed E-state index contributed by atoms with van der Waals surface area (Å²) >= 11 is 0. The van der Waals surface area contributed by atoms with Crippen molar-refractivity contribution in [1.82, 2.24) is 19.0 Å². The first-order valence-corrected chi connectivity index (χ1v) is 9.49. The van der Waals surface area contributed by atoms with E-state index < -0.39 is 10.0 Å². The van der Waals surface area contributed by atoms with Crippen LogP contribution in [0.25, 0.3) is 5.65 Å². The maximum absolute atomic E-state index is 12.3. The molecule has 0 aromatic carbocycles. The summed E-state index contributed by atoms with van der Waals surface area (Å²) in [5.74, 6) is -0.307. The van der Waals surface area contributed by atoms with E-state index in [9.17, 15) is 13.2 Å². The van der Waals surface area contributed by atoms with Crippen LogP contribution in [0.5, 0.6) is 0 Å². The lowest BCUT2D eigenvalue weighted by atomic mass is 10.3. The molecule has 130 valence electrons. The predicted molar refractivity (Wildman–Crippen MR) is 88.4 cm³/mol. The predicted octanol–water partition coefficient (Wildman–Crippen LogP) is 0.0329. The Kier molecular flexibility index (Phi) is 4.57. The maximum Gasteiger partial charge on any atom is 0.271 e. The largest absolute Gasteiger partial charge is 0.374 e. The fraction of sp³-hybridized carbons (Fsp3) is 0.467. The number of aromatic nitrogens is 2. The molecule has 24 heavy (non-hydrogen) atoms. The van der Waals surface area contributed by atoms with Crippen LogP contribution in [-0.2, 0) is 14.8 Å². The number of fused-ring (bicyclic) bond motifs is 1. The van der Waals surface area contributed by atoms with Crippen LogP contribution in [0.1, 0.15) is 16.2 Å². The lowest BCUT2D eigenvalue weighted by molar-refractivity contribution is 0.000415. The fourth-order valence-corrected chi connectivity index (χ4v) is 3.52. The number of carbonyl (C=O) groups excluding carboxylic acids is 1. The van der Waals surface area contributed by atoms with Crippen molar-refractivity contribution >= 4 is 21.6 Å². The van der Waals surface area contributed by atoms with Gasteiger partial charge in [0.15, 0.2) is 0 Å². The van der Waals surface area contributed by atoms with Crippen LogP contribution in [0, 0.1) is 6.92 Å². The Bertz CT molecular complexity index is 861. The first kappa shape index (κ1) is 16.9. The van der Waals surface area contributed by atoms with E-state index >= 15 is 0 Å². The molecule has 0 spiro atoms. The van der Waals surface area contributed by atoms with Crippen molar-refractivity contribution in [3.05, 3.63) is 35.8 Å². The summed E-state index contributed by atoms with van der Waals surface area (Å²) in [7, 11) is -3.25. The number of sulfonamides is 1. The number of ether oxygens (including phenoxy) is 1. The van der Waals surface area contributed by atoms with E-state index in [-0.39, 0.29) is 25.1 Å². The summed E-state index contributed by atoms with van der Waals surface area (Å²) < 4.78 is 31.9. The lowest BCUT2D eigenvalue weighted by Crippen LogP contribution is -2.49. The molecule has 1 aliphatic heterocycles. The Morgan fingerprint density at radius 3 is 2.96 bits per heavy atom. The summed E-state index contributed by atoms with van der Waals surface area (Å²) in [6.07, 6.45) is 2.49. The van der Waals surface area contributed by atoms with Crippen LogP contribution >= 0.6 is 0 Å². The molecule has 1 amide bonds. The third kappa shape index (κ3) is 3.58. The van der Waals surface area contributed by atoms with Gasteiger partial charge in [0.1, 0.15) is 11.3 Å². The van der Waals surface area contributed by atoms with Crippen molar-refractivity contribution in [3.8, 4) is 0 Å². The average Bonchev–Trinajstić information content (AvgIpc) is 2.98. The van der Waals surface area contributed by atoms with Crippen LogP contribution in [-0.4, -0.2) is 66.6 Å². The Morgan fingerprint density at radius 2 is 2.25 bits per heavy atom. The minimum absolute atomic E-state index is 0.234. The molecule has 0 saturated carbocycles. The molecule has 1 atom stereocenters. The van der Waals surface area contributed by atoms with Crippen LogP contribution in [0.2, 0.25) is 0 Å². The average molecular weight is 352 g/mol. The molecule has 1 N–H and O–H groups in total. The molecule has 0 bridgehead atoms. The zero-order chi connectivity index (χ0) is 17.3. The molecular formula is C15H20N4O4S. The van der Waals surface area contributed by atoms with Crippen LogP contribution in [0.3, 0.4) is 0 Å². The van der Waals surface area contributed by atoms with E-state index in [1.54, 1.807) is 6.20 Å². The SMILES string of the molecule is Cc1cccc2nc(C(=O)NC[C@@H]3CN(S(C)(=O)=O)CCO3)cn12. The minimum atomic E-state index is -3.25. The van der Waals surface area contributed by atoms with Gasteiger partial charge >= 0.3 is 0 Å². The number of rotatable bonds is 4. The highest BCUT2D eigenvalue weighted by Crippen LogP contribution is 2.10. The highest BCUT2D eigenvalue weighted by atomic mass is 32.2. The standard InChI is InChI=1S/C15H20N4O4S/c1-11-4-3-5-14-17-13(10-19(11)14)15(20)16-8-12-9-18(6-7-23-12)24(2,21)22/h3-5,10,12H,6-9H2,1-2H3,(H,16,20)/t12-/m1/s1. The van der Waals surface area contributed by atoms with Crippen LogP contribution < -0.4 is 5.32 Å². The minimum Gasteiger partial charge on any atom is -0.374 e. The van der Waals surface area contributed by atoms with Gasteiger partial charge in [-0.1, -0.05) is 6.07 Å². The lowest BCUT2D eigenvalue weighted by Gasteiger charge is -2.31. The highest BCUT2D eigenvalue weighted by molar-refractivity contribution is 7.88. The maximum atomic E-state index is 12.3. The second-order valence-electron chi connectivity index (χ2n) is 5.85.